The van der Waals surface area contributed by atoms with E-state index < -0.39 is 10.0 Å². The van der Waals surface area contributed by atoms with E-state index in [1.165, 1.54) is 11.6 Å². The Balaban J connectivity index is 2.13. The zero-order valence-electron chi connectivity index (χ0n) is 11.3. The van der Waals surface area contributed by atoms with Gasteiger partial charge in [-0.1, -0.05) is 6.08 Å². The summed E-state index contributed by atoms with van der Waals surface area (Å²) >= 11 is 0. The Bertz CT molecular complexity index is 790. The minimum absolute atomic E-state index is 0.152. The number of rotatable bonds is 2. The molecule has 0 fully saturated rings. The lowest BCUT2D eigenvalue weighted by Crippen LogP contribution is -2.23. The summed E-state index contributed by atoms with van der Waals surface area (Å²) < 4.78 is 23.0. The molecule has 1 aromatic carbocycles. The summed E-state index contributed by atoms with van der Waals surface area (Å²) in [4.78, 5) is 5.58. The Labute approximate surface area is 118 Å². The van der Waals surface area contributed by atoms with Crippen LogP contribution < -0.4 is 5.14 Å². The summed E-state index contributed by atoms with van der Waals surface area (Å²) in [6, 6.07) is 4.94. The third-order valence-electron chi connectivity index (χ3n) is 3.74. The number of nitrogens with one attached hydrogen (secondary N) is 1. The standard InChI is InChI=1S/C14H17N3O2S/c1-17-6-4-10(5-7-17)13-9-16-14-3-2-11(8-12(13)14)20(15,18)19/h2-4,8-9,16H,5-7H2,1H3,(H2,15,18,19). The van der Waals surface area contributed by atoms with Crippen LogP contribution in [0.4, 0.5) is 0 Å². The van der Waals surface area contributed by atoms with Gasteiger partial charge in [0.2, 0.25) is 10.0 Å². The summed E-state index contributed by atoms with van der Waals surface area (Å²) in [5.41, 5.74) is 3.24. The monoisotopic (exact) mass is 291 g/mol. The molecule has 106 valence electrons. The number of H-pyrrole nitrogens is 1. The van der Waals surface area contributed by atoms with Gasteiger partial charge in [0.05, 0.1) is 4.90 Å². The van der Waals surface area contributed by atoms with E-state index in [2.05, 4.69) is 23.0 Å². The second-order valence-electron chi connectivity index (χ2n) is 5.20. The predicted molar refractivity (Wildman–Crippen MR) is 79.8 cm³/mol. The van der Waals surface area contributed by atoms with Crippen LogP contribution in [0, 0.1) is 0 Å². The molecule has 0 saturated carbocycles. The molecule has 0 bridgehead atoms. The molecule has 3 N–H and O–H groups in total. The van der Waals surface area contributed by atoms with Crippen LogP contribution >= 0.6 is 0 Å². The van der Waals surface area contributed by atoms with Gasteiger partial charge in [-0.25, -0.2) is 13.6 Å². The van der Waals surface area contributed by atoms with Gasteiger partial charge in [0.25, 0.3) is 0 Å². The molecule has 3 rings (SSSR count). The third kappa shape index (κ3) is 2.37. The second-order valence-corrected chi connectivity index (χ2v) is 6.76. The van der Waals surface area contributed by atoms with Gasteiger partial charge in [-0.15, -0.1) is 0 Å². The van der Waals surface area contributed by atoms with Crippen LogP contribution in [0.5, 0.6) is 0 Å². The summed E-state index contributed by atoms with van der Waals surface area (Å²) in [6.07, 6.45) is 5.09. The Morgan fingerprint density at radius 2 is 2.15 bits per heavy atom. The lowest BCUT2D eigenvalue weighted by atomic mass is 9.99. The number of hydrogen-bond donors (Lipinski definition) is 2. The van der Waals surface area contributed by atoms with Crippen molar-refractivity contribution in [3.8, 4) is 0 Å². The molecule has 1 aliphatic heterocycles. The van der Waals surface area contributed by atoms with E-state index in [0.29, 0.717) is 0 Å². The van der Waals surface area contributed by atoms with Crippen LogP contribution in [0.3, 0.4) is 0 Å². The Morgan fingerprint density at radius 3 is 2.80 bits per heavy atom. The number of primary sulfonamides is 1. The molecule has 0 aliphatic carbocycles. The fraction of sp³-hybridized carbons (Fsp3) is 0.286. The van der Waals surface area contributed by atoms with Crippen molar-refractivity contribution in [3.63, 3.8) is 0 Å². The van der Waals surface area contributed by atoms with Crippen molar-refractivity contribution in [2.45, 2.75) is 11.3 Å². The van der Waals surface area contributed by atoms with Crippen molar-refractivity contribution in [2.75, 3.05) is 20.1 Å². The van der Waals surface area contributed by atoms with Gasteiger partial charge in [-0.3, -0.25) is 0 Å². The molecule has 2 aromatic rings. The molecular weight excluding hydrogens is 274 g/mol. The molecule has 0 radical (unpaired) electrons. The lowest BCUT2D eigenvalue weighted by molar-refractivity contribution is 0.370. The van der Waals surface area contributed by atoms with Crippen molar-refractivity contribution in [2.24, 2.45) is 5.14 Å². The highest BCUT2D eigenvalue weighted by atomic mass is 32.2. The van der Waals surface area contributed by atoms with E-state index in [1.54, 1.807) is 12.1 Å². The molecule has 6 heteroatoms. The van der Waals surface area contributed by atoms with Crippen LogP contribution in [-0.4, -0.2) is 38.4 Å². The number of likely N-dealkylation sites (N-methyl/N-ethyl adjacent to an activating group) is 1. The zero-order chi connectivity index (χ0) is 14.3. The molecule has 0 amide bonds. The average Bonchev–Trinajstić information content (AvgIpc) is 2.81. The van der Waals surface area contributed by atoms with Crippen molar-refractivity contribution < 1.29 is 8.42 Å². The summed E-state index contributed by atoms with van der Waals surface area (Å²) in [5.74, 6) is 0. The van der Waals surface area contributed by atoms with Crippen LogP contribution in [0.1, 0.15) is 12.0 Å². The first-order valence-corrected chi connectivity index (χ1v) is 8.02. The minimum atomic E-state index is -3.67. The average molecular weight is 291 g/mol. The van der Waals surface area contributed by atoms with Crippen LogP contribution in [0.15, 0.2) is 35.4 Å². The highest BCUT2D eigenvalue weighted by Gasteiger charge is 2.15. The number of fused-ring (bicyclic) bond motifs is 1. The number of hydrogen-bond acceptors (Lipinski definition) is 3. The highest BCUT2D eigenvalue weighted by molar-refractivity contribution is 7.89. The van der Waals surface area contributed by atoms with E-state index in [4.69, 9.17) is 5.14 Å². The Morgan fingerprint density at radius 1 is 1.35 bits per heavy atom. The quantitative estimate of drug-likeness (QED) is 0.880. The van der Waals surface area contributed by atoms with Crippen molar-refractivity contribution in [1.29, 1.82) is 0 Å². The van der Waals surface area contributed by atoms with Gasteiger partial charge in [0.15, 0.2) is 0 Å². The number of aromatic nitrogens is 1. The maximum atomic E-state index is 11.5. The molecule has 20 heavy (non-hydrogen) atoms. The van der Waals surface area contributed by atoms with Gasteiger partial charge in [-0.2, -0.15) is 0 Å². The fourth-order valence-corrected chi connectivity index (χ4v) is 3.10. The van der Waals surface area contributed by atoms with Crippen LogP contribution in [0.25, 0.3) is 16.5 Å². The predicted octanol–water partition coefficient (Wildman–Crippen LogP) is 1.53. The van der Waals surface area contributed by atoms with Gasteiger partial charge >= 0.3 is 0 Å². The SMILES string of the molecule is CN1CC=C(c2c[nH]c3ccc(S(N)(=O)=O)cc23)CC1. The number of sulfonamides is 1. The number of benzene rings is 1. The molecule has 1 aliphatic rings. The highest BCUT2D eigenvalue weighted by Crippen LogP contribution is 2.30. The third-order valence-corrected chi connectivity index (χ3v) is 4.65. The van der Waals surface area contributed by atoms with Crippen molar-refractivity contribution in [3.05, 3.63) is 36.0 Å². The molecule has 0 atom stereocenters. The van der Waals surface area contributed by atoms with E-state index in [-0.39, 0.29) is 4.90 Å². The summed E-state index contributed by atoms with van der Waals surface area (Å²) in [7, 11) is -1.59. The molecule has 1 aromatic heterocycles. The van der Waals surface area contributed by atoms with Gasteiger partial charge in [-0.05, 0) is 37.2 Å². The first-order valence-electron chi connectivity index (χ1n) is 6.47. The lowest BCUT2D eigenvalue weighted by Gasteiger charge is -2.21. The van der Waals surface area contributed by atoms with E-state index >= 15 is 0 Å². The van der Waals surface area contributed by atoms with E-state index in [0.717, 1.165) is 36.0 Å². The second kappa shape index (κ2) is 4.73. The molecule has 2 heterocycles. The minimum Gasteiger partial charge on any atom is -0.361 e. The van der Waals surface area contributed by atoms with E-state index in [1.807, 2.05) is 6.20 Å². The first-order chi connectivity index (χ1) is 9.45. The maximum absolute atomic E-state index is 11.5. The van der Waals surface area contributed by atoms with Crippen LogP contribution in [-0.2, 0) is 10.0 Å². The van der Waals surface area contributed by atoms with Gasteiger partial charge < -0.3 is 9.88 Å². The number of aromatic amines is 1. The van der Waals surface area contributed by atoms with E-state index in [9.17, 15) is 8.42 Å². The topological polar surface area (TPSA) is 79.2 Å². The zero-order valence-corrected chi connectivity index (χ0v) is 12.1. The largest absolute Gasteiger partial charge is 0.361 e. The van der Waals surface area contributed by atoms with Gasteiger partial charge in [0.1, 0.15) is 0 Å². The Hall–Kier alpha value is -1.63. The van der Waals surface area contributed by atoms with Crippen molar-refractivity contribution in [1.82, 2.24) is 9.88 Å². The molecule has 0 unspecified atom stereocenters. The van der Waals surface area contributed by atoms with Crippen molar-refractivity contribution >= 4 is 26.5 Å². The summed E-state index contributed by atoms with van der Waals surface area (Å²) in [6.45, 7) is 1.92. The molecule has 0 saturated heterocycles. The Kier molecular flexibility index (Phi) is 3.16. The van der Waals surface area contributed by atoms with Crippen LogP contribution in [0.2, 0.25) is 0 Å². The van der Waals surface area contributed by atoms with Gasteiger partial charge in [0, 0.05) is 35.8 Å². The molecule has 0 spiro atoms. The number of nitrogens with zero attached hydrogens (tertiary/aromatic N) is 1. The fourth-order valence-electron chi connectivity index (χ4n) is 2.56. The smallest absolute Gasteiger partial charge is 0.238 e. The molecule has 5 nitrogen and oxygen atoms in total. The normalized spacial score (nSPS) is 17.4. The first kappa shape index (κ1) is 13.4. The molecular formula is C14H17N3O2S. The maximum Gasteiger partial charge on any atom is 0.238 e. The summed E-state index contributed by atoms with van der Waals surface area (Å²) in [5, 5.41) is 6.11. The number of nitrogens with two attached hydrogens (primary N) is 1.